The summed E-state index contributed by atoms with van der Waals surface area (Å²) in [4.78, 5) is 56.8. The first kappa shape index (κ1) is 28.8. The molecular weight excluding hydrogens is 534 g/mol. The number of likely N-dealkylation sites (N-methyl/N-ethyl adjacent to an activating group) is 1. The highest BCUT2D eigenvalue weighted by Crippen LogP contribution is 2.56. The van der Waals surface area contributed by atoms with Crippen molar-refractivity contribution in [3.63, 3.8) is 0 Å². The number of rotatable bonds is 6. The lowest BCUT2D eigenvalue weighted by Gasteiger charge is -2.54. The quantitative estimate of drug-likeness (QED) is 0.239. The first-order valence-electron chi connectivity index (χ1n) is 13.7. The van der Waals surface area contributed by atoms with Crippen molar-refractivity contribution in [3.8, 4) is 5.75 Å². The Morgan fingerprint density at radius 1 is 1.15 bits per heavy atom. The molecule has 0 spiro atoms. The van der Waals surface area contributed by atoms with Gasteiger partial charge in [-0.15, -0.1) is 0 Å². The SMILES string of the molecule is C[C@@H]1c2cccc(O)c2C(=O)C2=C(O)[C@@]3(O)C(=O)C(C(N)=O)=C(O)[C@H](N(C)C)[C@H]3[C@H](OC(=O)CCN3CCCC3)[C@@H]21. The third-order valence-electron chi connectivity index (χ3n) is 9.07. The zero-order chi connectivity index (χ0) is 30.0. The van der Waals surface area contributed by atoms with Crippen molar-refractivity contribution in [2.75, 3.05) is 33.7 Å². The number of likely N-dealkylation sites (tertiary alicyclic amines) is 1. The number of aliphatic hydroxyl groups is 3. The minimum Gasteiger partial charge on any atom is -0.510 e. The van der Waals surface area contributed by atoms with Gasteiger partial charge in [0.25, 0.3) is 5.91 Å². The number of carbonyl (C=O) groups is 4. The smallest absolute Gasteiger partial charge is 0.307 e. The Balaban J connectivity index is 1.71. The lowest BCUT2D eigenvalue weighted by atomic mass is 9.55. The molecule has 1 amide bonds. The van der Waals surface area contributed by atoms with Crippen molar-refractivity contribution in [3.05, 3.63) is 52.0 Å². The second-order valence-corrected chi connectivity index (χ2v) is 11.6. The van der Waals surface area contributed by atoms with Gasteiger partial charge in [-0.05, 0) is 57.6 Å². The fourth-order valence-corrected chi connectivity index (χ4v) is 7.16. The molecule has 12 heteroatoms. The van der Waals surface area contributed by atoms with Gasteiger partial charge in [-0.1, -0.05) is 19.1 Å². The summed E-state index contributed by atoms with van der Waals surface area (Å²) in [6, 6.07) is 3.19. The van der Waals surface area contributed by atoms with Gasteiger partial charge < -0.3 is 35.8 Å². The van der Waals surface area contributed by atoms with Gasteiger partial charge in [0.15, 0.2) is 11.4 Å². The zero-order valence-electron chi connectivity index (χ0n) is 23.2. The van der Waals surface area contributed by atoms with Gasteiger partial charge in [0.2, 0.25) is 5.78 Å². The third-order valence-corrected chi connectivity index (χ3v) is 9.07. The zero-order valence-corrected chi connectivity index (χ0v) is 23.2. The maximum Gasteiger partial charge on any atom is 0.307 e. The molecule has 6 atom stereocenters. The molecule has 1 heterocycles. The summed E-state index contributed by atoms with van der Waals surface area (Å²) in [6.07, 6.45) is 0.636. The van der Waals surface area contributed by atoms with Crippen molar-refractivity contribution in [1.29, 1.82) is 0 Å². The summed E-state index contributed by atoms with van der Waals surface area (Å²) in [5.41, 5.74) is 1.46. The topological polar surface area (TPSA) is 191 Å². The number of carbonyl (C=O) groups excluding carboxylic acids is 4. The van der Waals surface area contributed by atoms with E-state index in [0.717, 1.165) is 25.9 Å². The lowest BCUT2D eigenvalue weighted by Crippen LogP contribution is -2.69. The number of aliphatic hydroxyl groups excluding tert-OH is 2. The number of phenolic OH excluding ortho intramolecular Hbond substituents is 1. The van der Waals surface area contributed by atoms with Crippen LogP contribution in [-0.2, 0) is 19.1 Å². The van der Waals surface area contributed by atoms with Crippen LogP contribution in [0.2, 0.25) is 0 Å². The molecule has 220 valence electrons. The summed E-state index contributed by atoms with van der Waals surface area (Å²) < 4.78 is 6.03. The second kappa shape index (κ2) is 10.3. The van der Waals surface area contributed by atoms with Gasteiger partial charge in [-0.25, -0.2) is 0 Å². The number of nitrogens with zero attached hydrogens (tertiary/aromatic N) is 2. The molecule has 1 aliphatic heterocycles. The Kier molecular flexibility index (Phi) is 7.21. The number of aromatic hydroxyl groups is 1. The number of phenols is 1. The number of amides is 1. The standard InChI is InChI=1S/C29H35N3O9/c1-13-14-7-6-8-15(33)18(14)23(35)19-17(13)25(41-16(34)9-12-32-10-4-5-11-32)21-22(31(2)3)24(36)20(28(30)39)27(38)29(21,40)26(19)37/h6-8,13,17,21-22,25,33,36-37,40H,4-5,9-12H2,1-3H3,(H2,30,39)/t13-,17-,21+,22-,25-,29-/m1/s1. The Morgan fingerprint density at radius 2 is 1.80 bits per heavy atom. The molecular formula is C29H35N3O9. The fourth-order valence-electron chi connectivity index (χ4n) is 7.16. The predicted octanol–water partition coefficient (Wildman–Crippen LogP) is 0.689. The molecule has 0 aromatic heterocycles. The van der Waals surface area contributed by atoms with Crippen molar-refractivity contribution >= 4 is 23.4 Å². The van der Waals surface area contributed by atoms with Gasteiger partial charge in [-0.3, -0.25) is 24.1 Å². The van der Waals surface area contributed by atoms with E-state index in [9.17, 15) is 39.6 Å². The number of ketones is 2. The molecule has 0 radical (unpaired) electrons. The molecule has 1 fully saturated rings. The van der Waals surface area contributed by atoms with E-state index in [1.54, 1.807) is 19.1 Å². The average Bonchev–Trinajstić information content (AvgIpc) is 3.42. The highest BCUT2D eigenvalue weighted by atomic mass is 16.5. The van der Waals surface area contributed by atoms with Gasteiger partial charge in [0.05, 0.1) is 23.9 Å². The van der Waals surface area contributed by atoms with E-state index in [2.05, 4.69) is 4.90 Å². The lowest BCUT2D eigenvalue weighted by molar-refractivity contribution is -0.181. The van der Waals surface area contributed by atoms with Crippen molar-refractivity contribution < 1.29 is 44.3 Å². The van der Waals surface area contributed by atoms with E-state index < -0.39 is 81.6 Å². The molecule has 5 rings (SSSR count). The van der Waals surface area contributed by atoms with Crippen molar-refractivity contribution in [2.45, 2.75) is 49.9 Å². The third kappa shape index (κ3) is 4.23. The van der Waals surface area contributed by atoms with E-state index in [-0.39, 0.29) is 17.7 Å². The number of nitrogens with two attached hydrogens (primary N) is 1. The normalized spacial score (nSPS) is 31.7. The number of Topliss-reactive ketones (excluding diaryl/α,β-unsaturated/α-hetero) is 2. The monoisotopic (exact) mass is 569 g/mol. The number of hydrogen-bond acceptors (Lipinski definition) is 11. The van der Waals surface area contributed by atoms with Gasteiger partial charge in [0, 0.05) is 18.0 Å². The van der Waals surface area contributed by atoms with Crippen LogP contribution in [0.5, 0.6) is 5.75 Å². The van der Waals surface area contributed by atoms with E-state index in [1.165, 1.54) is 25.1 Å². The minimum atomic E-state index is -2.95. The molecule has 1 aromatic rings. The Morgan fingerprint density at radius 3 is 2.41 bits per heavy atom. The maximum absolute atomic E-state index is 13.9. The second-order valence-electron chi connectivity index (χ2n) is 11.6. The Bertz CT molecular complexity index is 1390. The van der Waals surface area contributed by atoms with Crippen LogP contribution in [0.4, 0.5) is 0 Å². The summed E-state index contributed by atoms with van der Waals surface area (Å²) in [5, 5.41) is 45.4. The van der Waals surface area contributed by atoms with Crippen LogP contribution < -0.4 is 5.73 Å². The average molecular weight is 570 g/mol. The summed E-state index contributed by atoms with van der Waals surface area (Å²) >= 11 is 0. The summed E-state index contributed by atoms with van der Waals surface area (Å²) in [5.74, 6) is -9.58. The number of primary amides is 1. The van der Waals surface area contributed by atoms with Crippen LogP contribution >= 0.6 is 0 Å². The number of hydrogen-bond donors (Lipinski definition) is 5. The van der Waals surface area contributed by atoms with Crippen molar-refractivity contribution in [2.24, 2.45) is 17.6 Å². The van der Waals surface area contributed by atoms with E-state index in [0.29, 0.717) is 12.1 Å². The fraction of sp³-hybridized carbons (Fsp3) is 0.517. The van der Waals surface area contributed by atoms with Crippen LogP contribution in [0.1, 0.15) is 48.0 Å². The van der Waals surface area contributed by atoms with Gasteiger partial charge in [-0.2, -0.15) is 0 Å². The number of esters is 1. The number of ether oxygens (including phenoxy) is 1. The first-order chi connectivity index (χ1) is 19.3. The molecule has 4 aliphatic rings. The number of fused-ring (bicyclic) bond motifs is 3. The van der Waals surface area contributed by atoms with Crippen LogP contribution in [0.15, 0.2) is 40.9 Å². The van der Waals surface area contributed by atoms with E-state index in [1.807, 2.05) is 0 Å². The molecule has 6 N–H and O–H groups in total. The van der Waals surface area contributed by atoms with Crippen LogP contribution in [-0.4, -0.2) is 105 Å². The van der Waals surface area contributed by atoms with E-state index >= 15 is 0 Å². The Labute approximate surface area is 236 Å². The minimum absolute atomic E-state index is 0.00592. The van der Waals surface area contributed by atoms with E-state index in [4.69, 9.17) is 10.5 Å². The van der Waals surface area contributed by atoms with Gasteiger partial charge >= 0.3 is 5.97 Å². The molecule has 0 unspecified atom stereocenters. The predicted molar refractivity (Wildman–Crippen MR) is 144 cm³/mol. The van der Waals surface area contributed by atoms with Crippen LogP contribution in [0.25, 0.3) is 0 Å². The largest absolute Gasteiger partial charge is 0.510 e. The first-order valence-corrected chi connectivity index (χ1v) is 13.7. The molecule has 1 aromatic carbocycles. The molecule has 12 nitrogen and oxygen atoms in total. The molecule has 1 saturated heterocycles. The molecule has 3 aliphatic carbocycles. The highest BCUT2D eigenvalue weighted by molar-refractivity contribution is 6.25. The van der Waals surface area contributed by atoms with Crippen LogP contribution in [0.3, 0.4) is 0 Å². The van der Waals surface area contributed by atoms with Gasteiger partial charge in [0.1, 0.15) is 28.9 Å². The highest BCUT2D eigenvalue weighted by Gasteiger charge is 2.68. The summed E-state index contributed by atoms with van der Waals surface area (Å²) in [6.45, 7) is 3.84. The van der Waals surface area contributed by atoms with Crippen molar-refractivity contribution in [1.82, 2.24) is 9.80 Å². The number of benzene rings is 1. The molecule has 41 heavy (non-hydrogen) atoms. The summed E-state index contributed by atoms with van der Waals surface area (Å²) in [7, 11) is 3.03. The maximum atomic E-state index is 13.9. The Hall–Kier alpha value is -3.74. The molecule has 0 bridgehead atoms. The van der Waals surface area contributed by atoms with Crippen LogP contribution in [0, 0.1) is 11.8 Å². The molecule has 0 saturated carbocycles.